The first-order valence-corrected chi connectivity index (χ1v) is 7.36. The molecule has 0 atom stereocenters. The molecule has 6 heteroatoms. The average Bonchev–Trinajstić information content (AvgIpc) is 2.32. The zero-order chi connectivity index (χ0) is 13.7. The van der Waals surface area contributed by atoms with Crippen molar-refractivity contribution in [3.05, 3.63) is 37.5 Å². The Morgan fingerprint density at radius 2 is 2.11 bits per heavy atom. The summed E-state index contributed by atoms with van der Waals surface area (Å²) in [5.74, 6) is -0.328. The number of carbonyl (C=O) groups excluding carboxylic acids is 1. The van der Waals surface area contributed by atoms with Crippen molar-refractivity contribution in [2.45, 2.75) is 0 Å². The highest BCUT2D eigenvalue weighted by Crippen LogP contribution is 2.28. The van der Waals surface area contributed by atoms with Crippen molar-refractivity contribution < 1.29 is 15.0 Å². The molecule has 0 heterocycles. The molecule has 0 fully saturated rings. The summed E-state index contributed by atoms with van der Waals surface area (Å²) in [5, 5.41) is 18.9. The fourth-order valence-electron chi connectivity index (χ4n) is 1.45. The van der Waals surface area contributed by atoms with Gasteiger partial charge >= 0.3 is 0 Å². The molecule has 0 unspecified atom stereocenters. The number of aliphatic hydroxyl groups is 1. The first-order chi connectivity index (χ1) is 8.51. The lowest BCUT2D eigenvalue weighted by Gasteiger charge is -2.20. The van der Waals surface area contributed by atoms with Crippen molar-refractivity contribution in [1.82, 2.24) is 4.90 Å². The lowest BCUT2D eigenvalue weighted by Crippen LogP contribution is -2.33. The van der Waals surface area contributed by atoms with E-state index in [0.29, 0.717) is 10.1 Å². The van der Waals surface area contributed by atoms with Gasteiger partial charge in [0.2, 0.25) is 0 Å². The largest absolute Gasteiger partial charge is 0.506 e. The normalized spacial score (nSPS) is 10.2. The van der Waals surface area contributed by atoms with Crippen LogP contribution in [0.5, 0.6) is 5.75 Å². The van der Waals surface area contributed by atoms with Gasteiger partial charge in [0.05, 0.1) is 15.7 Å². The Morgan fingerprint density at radius 3 is 2.67 bits per heavy atom. The first-order valence-electron chi connectivity index (χ1n) is 5.20. The van der Waals surface area contributed by atoms with Crippen molar-refractivity contribution in [3.63, 3.8) is 0 Å². The zero-order valence-corrected chi connectivity index (χ0v) is 13.9. The van der Waals surface area contributed by atoms with Crippen molar-refractivity contribution in [2.75, 3.05) is 19.7 Å². The summed E-state index contributed by atoms with van der Waals surface area (Å²) in [7, 11) is 0. The maximum atomic E-state index is 12.3. The van der Waals surface area contributed by atoms with Gasteiger partial charge < -0.3 is 15.1 Å². The summed E-state index contributed by atoms with van der Waals surface area (Å²) < 4.78 is 1.51. The molecular formula is C12H13I2NO3. The Bertz CT molecular complexity index is 463. The smallest absolute Gasteiger partial charge is 0.258 e. The van der Waals surface area contributed by atoms with Gasteiger partial charge in [-0.05, 0) is 57.3 Å². The first kappa shape index (κ1) is 15.7. The molecule has 1 rings (SSSR count). The SMILES string of the molecule is C=CCN(CCO)C(=O)c1cc(I)cc(I)c1O. The Labute approximate surface area is 133 Å². The molecule has 1 amide bonds. The third-order valence-electron chi connectivity index (χ3n) is 2.27. The van der Waals surface area contributed by atoms with Crippen LogP contribution < -0.4 is 0 Å². The van der Waals surface area contributed by atoms with Crippen molar-refractivity contribution >= 4 is 51.1 Å². The van der Waals surface area contributed by atoms with Crippen LogP contribution in [0.2, 0.25) is 0 Å². The second kappa shape index (κ2) is 7.29. The molecule has 4 nitrogen and oxygen atoms in total. The van der Waals surface area contributed by atoms with E-state index in [1.807, 2.05) is 22.6 Å². The highest BCUT2D eigenvalue weighted by atomic mass is 127. The number of rotatable bonds is 5. The molecule has 0 radical (unpaired) electrons. The Kier molecular flexibility index (Phi) is 6.36. The highest BCUT2D eigenvalue weighted by molar-refractivity contribution is 14.1. The quantitative estimate of drug-likeness (QED) is 0.510. The van der Waals surface area contributed by atoms with Gasteiger partial charge in [0.25, 0.3) is 5.91 Å². The minimum absolute atomic E-state index is 0.0204. The van der Waals surface area contributed by atoms with E-state index in [9.17, 15) is 9.90 Å². The van der Waals surface area contributed by atoms with Gasteiger partial charge in [0.1, 0.15) is 5.75 Å². The van der Waals surface area contributed by atoms with Crippen LogP contribution in [0.25, 0.3) is 0 Å². The molecule has 0 saturated heterocycles. The fraction of sp³-hybridized carbons (Fsp3) is 0.250. The van der Waals surface area contributed by atoms with E-state index >= 15 is 0 Å². The summed E-state index contributed by atoms with van der Waals surface area (Å²) in [6.07, 6.45) is 1.59. The van der Waals surface area contributed by atoms with Crippen molar-refractivity contribution in [1.29, 1.82) is 0 Å². The molecule has 0 spiro atoms. The number of halogens is 2. The average molecular weight is 473 g/mol. The topological polar surface area (TPSA) is 60.8 Å². The molecule has 0 aromatic heterocycles. The number of aliphatic hydroxyl groups excluding tert-OH is 1. The van der Waals surface area contributed by atoms with Crippen LogP contribution in [0.1, 0.15) is 10.4 Å². The van der Waals surface area contributed by atoms with Crippen LogP contribution in [0, 0.1) is 7.14 Å². The van der Waals surface area contributed by atoms with E-state index in [1.165, 1.54) is 4.90 Å². The van der Waals surface area contributed by atoms with Crippen molar-refractivity contribution in [2.24, 2.45) is 0 Å². The van der Waals surface area contributed by atoms with E-state index < -0.39 is 0 Å². The second-order valence-electron chi connectivity index (χ2n) is 3.55. The number of hydrogen-bond donors (Lipinski definition) is 2. The molecule has 2 N–H and O–H groups in total. The zero-order valence-electron chi connectivity index (χ0n) is 9.57. The molecule has 1 aromatic rings. The Hall–Kier alpha value is -0.350. The Balaban J connectivity index is 3.11. The van der Waals surface area contributed by atoms with Gasteiger partial charge in [-0.25, -0.2) is 0 Å². The minimum atomic E-state index is -0.308. The number of nitrogens with zero attached hydrogens (tertiary/aromatic N) is 1. The lowest BCUT2D eigenvalue weighted by atomic mass is 10.1. The van der Waals surface area contributed by atoms with Crippen molar-refractivity contribution in [3.8, 4) is 5.75 Å². The molecule has 98 valence electrons. The predicted octanol–water partition coefficient (Wildman–Crippen LogP) is 2.22. The Morgan fingerprint density at radius 1 is 1.44 bits per heavy atom. The molecular weight excluding hydrogens is 460 g/mol. The third-order valence-corrected chi connectivity index (χ3v) is 3.71. The standard InChI is InChI=1S/C12H13I2NO3/c1-2-3-15(4-5-16)12(18)9-6-8(13)7-10(14)11(9)17/h2,6-7,16-17H,1,3-5H2. The van der Waals surface area contributed by atoms with E-state index in [0.717, 1.165) is 3.57 Å². The van der Waals surface area contributed by atoms with Gasteiger partial charge in [0, 0.05) is 16.7 Å². The monoisotopic (exact) mass is 473 g/mol. The third kappa shape index (κ3) is 3.82. The number of aromatic hydroxyl groups is 1. The molecule has 1 aromatic carbocycles. The maximum absolute atomic E-state index is 12.3. The number of hydrogen-bond acceptors (Lipinski definition) is 3. The fourth-order valence-corrected chi connectivity index (χ4v) is 3.30. The van der Waals surface area contributed by atoms with Gasteiger partial charge in [-0.1, -0.05) is 6.08 Å². The molecule has 0 aliphatic heterocycles. The van der Waals surface area contributed by atoms with E-state index in [2.05, 4.69) is 29.2 Å². The molecule has 0 aliphatic rings. The minimum Gasteiger partial charge on any atom is -0.506 e. The number of benzene rings is 1. The van der Waals surface area contributed by atoms with Crippen LogP contribution >= 0.6 is 45.2 Å². The van der Waals surface area contributed by atoms with Gasteiger partial charge in [-0.15, -0.1) is 6.58 Å². The summed E-state index contributed by atoms with van der Waals surface area (Å²) in [6.45, 7) is 4.00. The van der Waals surface area contributed by atoms with Crippen LogP contribution in [-0.4, -0.2) is 40.7 Å². The maximum Gasteiger partial charge on any atom is 0.258 e. The highest BCUT2D eigenvalue weighted by Gasteiger charge is 2.19. The van der Waals surface area contributed by atoms with E-state index in [4.69, 9.17) is 5.11 Å². The molecule has 0 saturated carbocycles. The molecule has 18 heavy (non-hydrogen) atoms. The van der Waals surface area contributed by atoms with Gasteiger partial charge in [-0.3, -0.25) is 4.79 Å². The lowest BCUT2D eigenvalue weighted by molar-refractivity contribution is 0.0739. The van der Waals surface area contributed by atoms with Gasteiger partial charge in [-0.2, -0.15) is 0 Å². The number of phenols is 1. The van der Waals surface area contributed by atoms with Crippen LogP contribution in [0.15, 0.2) is 24.8 Å². The van der Waals surface area contributed by atoms with Crippen LogP contribution in [0.4, 0.5) is 0 Å². The molecule has 0 bridgehead atoms. The summed E-state index contributed by atoms with van der Waals surface area (Å²) >= 11 is 4.07. The summed E-state index contributed by atoms with van der Waals surface area (Å²) in [5.41, 5.74) is 0.251. The predicted molar refractivity (Wildman–Crippen MR) is 86.7 cm³/mol. The van der Waals surface area contributed by atoms with Gasteiger partial charge in [0.15, 0.2) is 0 Å². The van der Waals surface area contributed by atoms with E-state index in [-0.39, 0.29) is 30.4 Å². The number of amides is 1. The molecule has 0 aliphatic carbocycles. The number of phenolic OH excluding ortho intramolecular Hbond substituents is 1. The summed E-state index contributed by atoms with van der Waals surface area (Å²) in [4.78, 5) is 13.7. The second-order valence-corrected chi connectivity index (χ2v) is 5.96. The van der Waals surface area contributed by atoms with Crippen LogP contribution in [-0.2, 0) is 0 Å². The van der Waals surface area contributed by atoms with Crippen LogP contribution in [0.3, 0.4) is 0 Å². The van der Waals surface area contributed by atoms with E-state index in [1.54, 1.807) is 18.2 Å². The summed E-state index contributed by atoms with van der Waals surface area (Å²) in [6, 6.07) is 3.42. The number of carbonyl (C=O) groups is 1.